The van der Waals surface area contributed by atoms with Crippen LogP contribution in [0, 0.1) is 6.92 Å². The smallest absolute Gasteiger partial charge is 0.244 e. The molecule has 0 aliphatic carbocycles. The summed E-state index contributed by atoms with van der Waals surface area (Å²) in [5.74, 6) is 0.741. The molecular weight excluding hydrogens is 324 g/mol. The van der Waals surface area contributed by atoms with Gasteiger partial charge in [-0.3, -0.25) is 4.79 Å². The zero-order chi connectivity index (χ0) is 18.8. The van der Waals surface area contributed by atoms with Crippen molar-refractivity contribution in [3.63, 3.8) is 0 Å². The second-order valence-corrected chi connectivity index (χ2v) is 6.47. The Labute approximate surface area is 156 Å². The number of nitrogens with zero attached hydrogens (tertiary/aromatic N) is 1. The van der Waals surface area contributed by atoms with Gasteiger partial charge in [-0.15, -0.1) is 0 Å². The fourth-order valence-corrected chi connectivity index (χ4v) is 2.48. The monoisotopic (exact) mass is 352 g/mol. The second-order valence-electron chi connectivity index (χ2n) is 6.47. The Kier molecular flexibility index (Phi) is 7.87. The van der Waals surface area contributed by atoms with Crippen molar-refractivity contribution in [3.05, 3.63) is 65.2 Å². The van der Waals surface area contributed by atoms with Crippen LogP contribution in [0.5, 0.6) is 5.75 Å². The number of hydrazone groups is 1. The number of nitrogens with one attached hydrogen (secondary N) is 1. The number of carbonyl (C=O) groups excluding carboxylic acids is 1. The molecule has 4 heteroatoms. The van der Waals surface area contributed by atoms with Gasteiger partial charge in [0.25, 0.3) is 0 Å². The van der Waals surface area contributed by atoms with Gasteiger partial charge >= 0.3 is 0 Å². The van der Waals surface area contributed by atoms with E-state index >= 15 is 0 Å². The maximum absolute atomic E-state index is 12.0. The lowest BCUT2D eigenvalue weighted by molar-refractivity contribution is -0.120. The van der Waals surface area contributed by atoms with Gasteiger partial charge in [-0.25, -0.2) is 5.43 Å². The van der Waals surface area contributed by atoms with Crippen LogP contribution >= 0.6 is 0 Å². The van der Waals surface area contributed by atoms with Gasteiger partial charge in [0, 0.05) is 0 Å². The van der Waals surface area contributed by atoms with Crippen LogP contribution in [0.15, 0.2) is 53.6 Å². The van der Waals surface area contributed by atoms with E-state index in [1.54, 1.807) is 0 Å². The third kappa shape index (κ3) is 6.71. The molecule has 2 aromatic rings. The van der Waals surface area contributed by atoms with Crippen LogP contribution in [0.1, 0.15) is 49.8 Å². The van der Waals surface area contributed by atoms with Crippen molar-refractivity contribution in [2.75, 3.05) is 6.61 Å². The average molecular weight is 352 g/mol. The molecule has 0 aliphatic heterocycles. The topological polar surface area (TPSA) is 50.7 Å². The molecule has 26 heavy (non-hydrogen) atoms. The molecule has 0 atom stereocenters. The van der Waals surface area contributed by atoms with Crippen LogP contribution in [0.25, 0.3) is 0 Å². The molecule has 0 bridgehead atoms. The number of ether oxygens (including phenoxy) is 1. The summed E-state index contributed by atoms with van der Waals surface area (Å²) in [6, 6.07) is 15.7. The Morgan fingerprint density at radius 2 is 1.73 bits per heavy atom. The highest BCUT2D eigenvalue weighted by atomic mass is 16.5. The van der Waals surface area contributed by atoms with Crippen molar-refractivity contribution in [1.82, 2.24) is 5.43 Å². The van der Waals surface area contributed by atoms with Gasteiger partial charge < -0.3 is 4.74 Å². The van der Waals surface area contributed by atoms with Crippen molar-refractivity contribution in [1.29, 1.82) is 0 Å². The molecule has 138 valence electrons. The summed E-state index contributed by atoms with van der Waals surface area (Å²) in [4.78, 5) is 12.0. The fraction of sp³-hybridized carbons (Fsp3) is 0.364. The molecule has 0 saturated carbocycles. The molecule has 1 N–H and O–H groups in total. The Balaban J connectivity index is 1.84. The summed E-state index contributed by atoms with van der Waals surface area (Å²) in [7, 11) is 0. The highest BCUT2D eigenvalue weighted by Gasteiger charge is 2.04. The molecule has 0 saturated heterocycles. The predicted octanol–water partition coefficient (Wildman–Crippen LogP) is 4.65. The number of aryl methyl sites for hydroxylation is 1. The third-order valence-electron chi connectivity index (χ3n) is 4.12. The van der Waals surface area contributed by atoms with Gasteiger partial charge in [-0.1, -0.05) is 49.6 Å². The number of carbonyl (C=O) groups is 1. The van der Waals surface area contributed by atoms with E-state index in [1.807, 2.05) is 62.4 Å². The minimum atomic E-state index is -0.121. The molecule has 0 aromatic heterocycles. The summed E-state index contributed by atoms with van der Waals surface area (Å²) in [5, 5.41) is 4.20. The SMILES string of the molecule is CCCCCOc1ccc(/C(C)=N/NC(=O)Cc2ccc(C)cc2)cc1. The van der Waals surface area contributed by atoms with Crippen molar-refractivity contribution >= 4 is 11.6 Å². The van der Waals surface area contributed by atoms with Gasteiger partial charge in [0.1, 0.15) is 5.75 Å². The van der Waals surface area contributed by atoms with Gasteiger partial charge in [-0.2, -0.15) is 5.10 Å². The van der Waals surface area contributed by atoms with E-state index in [1.165, 1.54) is 18.4 Å². The number of rotatable bonds is 9. The molecule has 0 fully saturated rings. The highest BCUT2D eigenvalue weighted by molar-refractivity contribution is 5.99. The first-order valence-electron chi connectivity index (χ1n) is 9.20. The molecule has 2 aromatic carbocycles. The largest absolute Gasteiger partial charge is 0.494 e. The van der Waals surface area contributed by atoms with Crippen molar-refractivity contribution in [2.24, 2.45) is 5.10 Å². The zero-order valence-electron chi connectivity index (χ0n) is 15.9. The standard InChI is InChI=1S/C22H28N2O2/c1-4-5-6-15-26-21-13-11-20(12-14-21)18(3)23-24-22(25)16-19-9-7-17(2)8-10-19/h7-14H,4-6,15-16H2,1-3H3,(H,24,25)/b23-18+. The number of hydrogen-bond acceptors (Lipinski definition) is 3. The summed E-state index contributed by atoms with van der Waals surface area (Å²) >= 11 is 0. The van der Waals surface area contributed by atoms with Crippen LogP contribution in [0.4, 0.5) is 0 Å². The van der Waals surface area contributed by atoms with Crippen LogP contribution in [-0.2, 0) is 11.2 Å². The molecule has 0 aliphatic rings. The quantitative estimate of drug-likeness (QED) is 0.406. The molecule has 0 unspecified atom stereocenters. The lowest BCUT2D eigenvalue weighted by Crippen LogP contribution is -2.21. The molecule has 1 amide bonds. The summed E-state index contributed by atoms with van der Waals surface area (Å²) in [5.41, 5.74) is 6.51. The van der Waals surface area contributed by atoms with Gasteiger partial charge in [-0.05, 0) is 55.7 Å². The van der Waals surface area contributed by atoms with Crippen LogP contribution in [0.3, 0.4) is 0 Å². The number of benzene rings is 2. The third-order valence-corrected chi connectivity index (χ3v) is 4.12. The Hall–Kier alpha value is -2.62. The number of hydrogen-bond donors (Lipinski definition) is 1. The number of amides is 1. The van der Waals surface area contributed by atoms with Gasteiger partial charge in [0.15, 0.2) is 0 Å². The van der Waals surface area contributed by atoms with Crippen molar-refractivity contribution in [3.8, 4) is 5.75 Å². The molecular formula is C22H28N2O2. The maximum atomic E-state index is 12.0. The Morgan fingerprint density at radius 1 is 1.04 bits per heavy atom. The summed E-state index contributed by atoms with van der Waals surface area (Å²) in [6.07, 6.45) is 3.77. The molecule has 2 rings (SSSR count). The van der Waals surface area contributed by atoms with E-state index in [4.69, 9.17) is 4.74 Å². The van der Waals surface area contributed by atoms with E-state index < -0.39 is 0 Å². The van der Waals surface area contributed by atoms with Crippen molar-refractivity contribution in [2.45, 2.75) is 46.5 Å². The number of unbranched alkanes of at least 4 members (excludes halogenated alkanes) is 2. The van der Waals surface area contributed by atoms with Crippen LogP contribution in [-0.4, -0.2) is 18.2 Å². The van der Waals surface area contributed by atoms with E-state index in [0.29, 0.717) is 6.42 Å². The summed E-state index contributed by atoms with van der Waals surface area (Å²) < 4.78 is 5.71. The highest BCUT2D eigenvalue weighted by Crippen LogP contribution is 2.13. The average Bonchev–Trinajstić information content (AvgIpc) is 2.66. The van der Waals surface area contributed by atoms with E-state index in [2.05, 4.69) is 17.5 Å². The lowest BCUT2D eigenvalue weighted by atomic mass is 10.1. The molecule has 0 spiro atoms. The van der Waals surface area contributed by atoms with E-state index in [0.717, 1.165) is 35.6 Å². The van der Waals surface area contributed by atoms with E-state index in [-0.39, 0.29) is 5.91 Å². The van der Waals surface area contributed by atoms with Crippen LogP contribution in [0.2, 0.25) is 0 Å². The van der Waals surface area contributed by atoms with Crippen LogP contribution < -0.4 is 10.2 Å². The Morgan fingerprint density at radius 3 is 2.38 bits per heavy atom. The first-order valence-corrected chi connectivity index (χ1v) is 9.20. The zero-order valence-corrected chi connectivity index (χ0v) is 15.9. The minimum absolute atomic E-state index is 0.121. The Bertz CT molecular complexity index is 719. The van der Waals surface area contributed by atoms with Gasteiger partial charge in [0.05, 0.1) is 18.7 Å². The van der Waals surface area contributed by atoms with Crippen molar-refractivity contribution < 1.29 is 9.53 Å². The molecule has 0 radical (unpaired) electrons. The first kappa shape index (κ1) is 19.7. The fourth-order valence-electron chi connectivity index (χ4n) is 2.48. The summed E-state index contributed by atoms with van der Waals surface area (Å²) in [6.45, 7) is 6.83. The molecule has 4 nitrogen and oxygen atoms in total. The minimum Gasteiger partial charge on any atom is -0.494 e. The maximum Gasteiger partial charge on any atom is 0.244 e. The predicted molar refractivity (Wildman–Crippen MR) is 107 cm³/mol. The van der Waals surface area contributed by atoms with E-state index in [9.17, 15) is 4.79 Å². The second kappa shape index (κ2) is 10.4. The normalized spacial score (nSPS) is 11.3. The lowest BCUT2D eigenvalue weighted by Gasteiger charge is -2.07. The first-order chi connectivity index (χ1) is 12.6. The molecule has 0 heterocycles. The van der Waals surface area contributed by atoms with Gasteiger partial charge in [0.2, 0.25) is 5.91 Å².